The molecule has 0 N–H and O–H groups in total. The Bertz CT molecular complexity index is 459. The fourth-order valence-corrected chi connectivity index (χ4v) is 3.17. The average molecular weight is 251 g/mol. The Balaban J connectivity index is 1.81. The lowest BCUT2D eigenvalue weighted by molar-refractivity contribution is 0.788. The predicted octanol–water partition coefficient (Wildman–Crippen LogP) is 3.08. The fraction of sp³-hybridized carbons (Fsp3) is 0.455. The van der Waals surface area contributed by atoms with Gasteiger partial charge in [-0.3, -0.25) is 0 Å². The van der Waals surface area contributed by atoms with E-state index in [9.17, 15) is 0 Å². The molecule has 2 heterocycles. The molecule has 0 aliphatic heterocycles. The third-order valence-electron chi connectivity index (χ3n) is 2.65. The minimum absolute atomic E-state index is 0.689. The van der Waals surface area contributed by atoms with Crippen LogP contribution in [0.4, 0.5) is 5.13 Å². The molecule has 1 aliphatic rings. The van der Waals surface area contributed by atoms with Crippen molar-refractivity contribution in [3.05, 3.63) is 27.4 Å². The summed E-state index contributed by atoms with van der Waals surface area (Å²) in [5.74, 6) is 0. The molecule has 84 valence electrons. The number of aromatic nitrogens is 2. The molecule has 2 aromatic rings. The molecule has 3 rings (SSSR count). The van der Waals surface area contributed by atoms with Crippen LogP contribution in [0.3, 0.4) is 0 Å². The van der Waals surface area contributed by atoms with Crippen LogP contribution in [0.5, 0.6) is 0 Å². The Morgan fingerprint density at radius 1 is 1.44 bits per heavy atom. The van der Waals surface area contributed by atoms with Crippen LogP contribution < -0.4 is 4.90 Å². The average Bonchev–Trinajstić information content (AvgIpc) is 2.81. The van der Waals surface area contributed by atoms with Crippen molar-refractivity contribution in [1.82, 2.24) is 10.2 Å². The van der Waals surface area contributed by atoms with E-state index in [-0.39, 0.29) is 0 Å². The van der Waals surface area contributed by atoms with Crippen LogP contribution in [0.15, 0.2) is 17.5 Å². The molecule has 1 saturated carbocycles. The highest BCUT2D eigenvalue weighted by Gasteiger charge is 2.31. The second-order valence-corrected chi connectivity index (χ2v) is 6.23. The molecule has 0 aromatic carbocycles. The SMILES string of the molecule is Cc1nnc(N(Cc2cccs2)C2CC2)s1. The summed E-state index contributed by atoms with van der Waals surface area (Å²) >= 11 is 3.51. The molecule has 0 unspecified atom stereocenters. The number of hydrogen-bond acceptors (Lipinski definition) is 5. The van der Waals surface area contributed by atoms with Gasteiger partial charge in [-0.2, -0.15) is 0 Å². The quantitative estimate of drug-likeness (QED) is 0.836. The van der Waals surface area contributed by atoms with Crippen LogP contribution in [0.1, 0.15) is 22.7 Å². The van der Waals surface area contributed by atoms with E-state index in [2.05, 4.69) is 32.6 Å². The molecule has 1 fully saturated rings. The van der Waals surface area contributed by atoms with Gasteiger partial charge in [-0.15, -0.1) is 21.5 Å². The topological polar surface area (TPSA) is 29.0 Å². The van der Waals surface area contributed by atoms with Crippen molar-refractivity contribution < 1.29 is 0 Å². The van der Waals surface area contributed by atoms with Gasteiger partial charge >= 0.3 is 0 Å². The van der Waals surface area contributed by atoms with Crippen LogP contribution in [0, 0.1) is 6.92 Å². The lowest BCUT2D eigenvalue weighted by atomic mass is 10.4. The van der Waals surface area contributed by atoms with Gasteiger partial charge in [0.2, 0.25) is 5.13 Å². The maximum atomic E-state index is 4.26. The van der Waals surface area contributed by atoms with Crippen molar-refractivity contribution in [3.63, 3.8) is 0 Å². The summed E-state index contributed by atoms with van der Waals surface area (Å²) in [6.45, 7) is 2.99. The van der Waals surface area contributed by atoms with Crippen molar-refractivity contribution in [3.8, 4) is 0 Å². The lowest BCUT2D eigenvalue weighted by Crippen LogP contribution is -2.24. The van der Waals surface area contributed by atoms with Crippen molar-refractivity contribution in [2.75, 3.05) is 4.90 Å². The van der Waals surface area contributed by atoms with Gasteiger partial charge < -0.3 is 4.90 Å². The Morgan fingerprint density at radius 3 is 2.88 bits per heavy atom. The van der Waals surface area contributed by atoms with Crippen molar-refractivity contribution in [1.29, 1.82) is 0 Å². The highest BCUT2D eigenvalue weighted by molar-refractivity contribution is 7.15. The first kappa shape index (κ1) is 10.2. The van der Waals surface area contributed by atoms with Gasteiger partial charge in [-0.05, 0) is 31.2 Å². The summed E-state index contributed by atoms with van der Waals surface area (Å²) in [5.41, 5.74) is 0. The first-order valence-electron chi connectivity index (χ1n) is 5.42. The minimum atomic E-state index is 0.689. The molecule has 16 heavy (non-hydrogen) atoms. The zero-order chi connectivity index (χ0) is 11.0. The Morgan fingerprint density at radius 2 is 2.31 bits per heavy atom. The summed E-state index contributed by atoms with van der Waals surface area (Å²) in [6, 6.07) is 4.99. The van der Waals surface area contributed by atoms with E-state index in [0.717, 1.165) is 16.7 Å². The standard InChI is InChI=1S/C11H13N3S2/c1-8-12-13-11(16-8)14(9-4-5-9)7-10-3-2-6-15-10/h2-3,6,9H,4-5,7H2,1H3. The maximum Gasteiger partial charge on any atom is 0.208 e. The zero-order valence-electron chi connectivity index (χ0n) is 9.09. The first-order chi connectivity index (χ1) is 7.83. The molecule has 0 amide bonds. The largest absolute Gasteiger partial charge is 0.339 e. The monoisotopic (exact) mass is 251 g/mol. The minimum Gasteiger partial charge on any atom is -0.339 e. The van der Waals surface area contributed by atoms with Crippen molar-refractivity contribution >= 4 is 27.8 Å². The van der Waals surface area contributed by atoms with Crippen molar-refractivity contribution in [2.45, 2.75) is 32.4 Å². The van der Waals surface area contributed by atoms with Crippen LogP contribution in [0.25, 0.3) is 0 Å². The summed E-state index contributed by atoms with van der Waals surface area (Å²) in [6.07, 6.45) is 2.59. The summed E-state index contributed by atoms with van der Waals surface area (Å²) in [5, 5.41) is 12.6. The third-order valence-corrected chi connectivity index (χ3v) is 4.39. The molecule has 0 bridgehead atoms. The van der Waals surface area contributed by atoms with Gasteiger partial charge in [0.15, 0.2) is 0 Å². The van der Waals surface area contributed by atoms with Gasteiger partial charge in [0.25, 0.3) is 0 Å². The molecular weight excluding hydrogens is 238 g/mol. The summed E-state index contributed by atoms with van der Waals surface area (Å²) in [4.78, 5) is 3.80. The zero-order valence-corrected chi connectivity index (χ0v) is 10.7. The van der Waals surface area contributed by atoms with E-state index in [4.69, 9.17) is 0 Å². The van der Waals surface area contributed by atoms with E-state index in [1.807, 2.05) is 18.3 Å². The molecular formula is C11H13N3S2. The maximum absolute atomic E-state index is 4.26. The lowest BCUT2D eigenvalue weighted by Gasteiger charge is -2.19. The molecule has 1 aliphatic carbocycles. The first-order valence-corrected chi connectivity index (χ1v) is 7.11. The van der Waals surface area contributed by atoms with E-state index in [1.54, 1.807) is 11.3 Å². The molecule has 0 radical (unpaired) electrons. The van der Waals surface area contributed by atoms with Crippen LogP contribution in [0.2, 0.25) is 0 Å². The van der Waals surface area contributed by atoms with E-state index in [0.29, 0.717) is 6.04 Å². The van der Waals surface area contributed by atoms with Crippen LogP contribution in [-0.4, -0.2) is 16.2 Å². The highest BCUT2D eigenvalue weighted by atomic mass is 32.1. The molecule has 5 heteroatoms. The number of thiophene rings is 1. The van der Waals surface area contributed by atoms with Gasteiger partial charge in [0.05, 0.1) is 6.54 Å². The second kappa shape index (κ2) is 4.14. The molecule has 0 atom stereocenters. The molecule has 0 saturated heterocycles. The van der Waals surface area contributed by atoms with E-state index in [1.165, 1.54) is 17.7 Å². The van der Waals surface area contributed by atoms with Gasteiger partial charge in [-0.25, -0.2) is 0 Å². The van der Waals surface area contributed by atoms with E-state index < -0.39 is 0 Å². The third kappa shape index (κ3) is 2.10. The Hall–Kier alpha value is -0.940. The van der Waals surface area contributed by atoms with Gasteiger partial charge in [0, 0.05) is 10.9 Å². The second-order valence-electron chi connectivity index (χ2n) is 4.04. The molecule has 0 spiro atoms. The summed E-state index contributed by atoms with van der Waals surface area (Å²) in [7, 11) is 0. The number of aryl methyl sites for hydroxylation is 1. The normalized spacial score (nSPS) is 15.3. The number of hydrogen-bond donors (Lipinski definition) is 0. The van der Waals surface area contributed by atoms with E-state index >= 15 is 0 Å². The molecule has 2 aromatic heterocycles. The molecule has 3 nitrogen and oxygen atoms in total. The van der Waals surface area contributed by atoms with Gasteiger partial charge in [-0.1, -0.05) is 17.4 Å². The number of anilines is 1. The van der Waals surface area contributed by atoms with Crippen LogP contribution >= 0.6 is 22.7 Å². The van der Waals surface area contributed by atoms with Crippen molar-refractivity contribution in [2.24, 2.45) is 0 Å². The Kier molecular flexibility index (Phi) is 2.65. The number of rotatable bonds is 4. The summed E-state index contributed by atoms with van der Waals surface area (Å²) < 4.78 is 0. The predicted molar refractivity (Wildman–Crippen MR) is 68.2 cm³/mol. The highest BCUT2D eigenvalue weighted by Crippen LogP contribution is 2.34. The Labute approximate surface area is 103 Å². The number of nitrogens with zero attached hydrogens (tertiary/aromatic N) is 3. The van der Waals surface area contributed by atoms with Gasteiger partial charge in [0.1, 0.15) is 5.01 Å². The smallest absolute Gasteiger partial charge is 0.208 e. The fourth-order valence-electron chi connectivity index (χ4n) is 1.71. The van der Waals surface area contributed by atoms with Crippen LogP contribution in [-0.2, 0) is 6.54 Å².